The first-order valence-corrected chi connectivity index (χ1v) is 9.57. The van der Waals surface area contributed by atoms with Gasteiger partial charge < -0.3 is 15.2 Å². The molecule has 0 unspecified atom stereocenters. The Labute approximate surface area is 182 Å². The second-order valence-corrected chi connectivity index (χ2v) is 7.45. The average molecular weight is 441 g/mol. The van der Waals surface area contributed by atoms with Crippen molar-refractivity contribution in [3.63, 3.8) is 0 Å². The van der Waals surface area contributed by atoms with Crippen LogP contribution in [0.5, 0.6) is 0 Å². The summed E-state index contributed by atoms with van der Waals surface area (Å²) in [5.74, 6) is -0.0424. The number of carbonyl (C=O) groups excluding carboxylic acids is 1. The zero-order valence-electron chi connectivity index (χ0n) is 15.7. The monoisotopic (exact) mass is 440 g/mol. The molecule has 0 aliphatic rings. The number of hydrogen-bond donors (Lipinski definition) is 1. The molecule has 2 heterocycles. The van der Waals surface area contributed by atoms with Crippen molar-refractivity contribution in [2.75, 3.05) is 13.6 Å². The zero-order valence-corrected chi connectivity index (χ0v) is 18.2. The number of thiophene rings is 1. The lowest BCUT2D eigenvalue weighted by Gasteiger charge is -2.20. The van der Waals surface area contributed by atoms with Crippen molar-refractivity contribution in [1.82, 2.24) is 14.5 Å². The maximum absolute atomic E-state index is 12.5. The van der Waals surface area contributed by atoms with Gasteiger partial charge in [-0.05, 0) is 23.4 Å². The molecule has 2 aromatic heterocycles. The standard InChI is InChI=1S/C20H24N4OS.2ClH/c1-23(10-9-18-8-5-11-26-18)20(25)19(21)12-17-14-24(15-22-17)13-16-6-3-2-4-7-16;;/h2-8,11,14-15,19H,9-10,12-13,21H2,1H3;2*1H/t19-;;/m0../s1. The van der Waals surface area contributed by atoms with E-state index in [1.54, 1.807) is 22.6 Å². The number of halogens is 2. The van der Waals surface area contributed by atoms with Gasteiger partial charge in [-0.3, -0.25) is 4.79 Å². The van der Waals surface area contributed by atoms with Gasteiger partial charge >= 0.3 is 0 Å². The van der Waals surface area contributed by atoms with Crippen molar-refractivity contribution in [2.24, 2.45) is 5.73 Å². The molecule has 3 rings (SSSR count). The minimum absolute atomic E-state index is 0. The number of carbonyl (C=O) groups is 1. The first-order chi connectivity index (χ1) is 12.6. The summed E-state index contributed by atoms with van der Waals surface area (Å²) in [7, 11) is 1.81. The number of hydrogen-bond acceptors (Lipinski definition) is 4. The number of likely N-dealkylation sites (N-methyl/N-ethyl adjacent to an activating group) is 1. The smallest absolute Gasteiger partial charge is 0.239 e. The second kappa shape index (κ2) is 11.9. The SMILES string of the molecule is CN(CCc1cccs1)C(=O)[C@@H](N)Cc1cn(Cc2ccccc2)cn1.Cl.Cl. The molecule has 3 aromatic rings. The van der Waals surface area contributed by atoms with Gasteiger partial charge in [-0.15, -0.1) is 36.2 Å². The highest BCUT2D eigenvalue weighted by Gasteiger charge is 2.19. The van der Waals surface area contributed by atoms with Gasteiger partial charge in [0.05, 0.1) is 18.1 Å². The molecule has 0 spiro atoms. The molecule has 2 N–H and O–H groups in total. The highest BCUT2D eigenvalue weighted by atomic mass is 35.5. The van der Waals surface area contributed by atoms with Crippen molar-refractivity contribution < 1.29 is 4.79 Å². The van der Waals surface area contributed by atoms with E-state index in [-0.39, 0.29) is 30.7 Å². The number of rotatable bonds is 8. The van der Waals surface area contributed by atoms with E-state index in [2.05, 4.69) is 28.6 Å². The van der Waals surface area contributed by atoms with Gasteiger partial charge in [-0.1, -0.05) is 36.4 Å². The molecule has 152 valence electrons. The van der Waals surface area contributed by atoms with E-state index in [4.69, 9.17) is 5.73 Å². The first-order valence-electron chi connectivity index (χ1n) is 8.69. The zero-order chi connectivity index (χ0) is 18.4. The van der Waals surface area contributed by atoms with Gasteiger partial charge in [0.15, 0.2) is 0 Å². The van der Waals surface area contributed by atoms with Gasteiger partial charge in [0, 0.05) is 37.6 Å². The van der Waals surface area contributed by atoms with Crippen LogP contribution < -0.4 is 5.73 Å². The first kappa shape index (κ1) is 24.2. The fourth-order valence-electron chi connectivity index (χ4n) is 2.83. The molecule has 28 heavy (non-hydrogen) atoms. The van der Waals surface area contributed by atoms with Gasteiger partial charge in [0.25, 0.3) is 0 Å². The number of benzene rings is 1. The molecule has 0 fully saturated rings. The molecule has 0 bridgehead atoms. The third-order valence-electron chi connectivity index (χ3n) is 4.29. The summed E-state index contributed by atoms with van der Waals surface area (Å²) < 4.78 is 2.02. The number of aromatic nitrogens is 2. The minimum atomic E-state index is -0.566. The third-order valence-corrected chi connectivity index (χ3v) is 5.23. The lowest BCUT2D eigenvalue weighted by Crippen LogP contribution is -2.43. The van der Waals surface area contributed by atoms with Crippen LogP contribution in [0.4, 0.5) is 0 Å². The topological polar surface area (TPSA) is 64.2 Å². The summed E-state index contributed by atoms with van der Waals surface area (Å²) in [5, 5.41) is 2.05. The van der Waals surface area contributed by atoms with E-state index < -0.39 is 6.04 Å². The molecule has 0 aliphatic carbocycles. The molecule has 5 nitrogen and oxygen atoms in total. The Bertz CT molecular complexity index is 824. The molecule has 0 saturated heterocycles. The maximum Gasteiger partial charge on any atom is 0.239 e. The Morgan fingerprint density at radius 3 is 2.64 bits per heavy atom. The summed E-state index contributed by atoms with van der Waals surface area (Å²) in [6, 6.07) is 13.8. The number of amides is 1. The highest BCUT2D eigenvalue weighted by molar-refractivity contribution is 7.09. The van der Waals surface area contributed by atoms with Crippen LogP contribution in [-0.4, -0.2) is 40.0 Å². The van der Waals surface area contributed by atoms with E-state index >= 15 is 0 Å². The lowest BCUT2D eigenvalue weighted by molar-refractivity contribution is -0.131. The summed E-state index contributed by atoms with van der Waals surface area (Å²) in [4.78, 5) is 19.9. The predicted octanol–water partition coefficient (Wildman–Crippen LogP) is 3.41. The van der Waals surface area contributed by atoms with E-state index in [0.29, 0.717) is 13.0 Å². The van der Waals surface area contributed by atoms with Gasteiger partial charge in [-0.25, -0.2) is 4.98 Å². The van der Waals surface area contributed by atoms with Crippen LogP contribution in [0.15, 0.2) is 60.4 Å². The Hall–Kier alpha value is -1.86. The van der Waals surface area contributed by atoms with Crippen LogP contribution in [0, 0.1) is 0 Å². The quantitative estimate of drug-likeness (QED) is 0.583. The number of nitrogens with zero attached hydrogens (tertiary/aromatic N) is 3. The van der Waals surface area contributed by atoms with Crippen LogP contribution in [0.1, 0.15) is 16.1 Å². The van der Waals surface area contributed by atoms with Gasteiger partial charge in [-0.2, -0.15) is 0 Å². The summed E-state index contributed by atoms with van der Waals surface area (Å²) in [6.45, 7) is 1.44. The van der Waals surface area contributed by atoms with Crippen LogP contribution in [0.25, 0.3) is 0 Å². The molecule has 1 amide bonds. The summed E-state index contributed by atoms with van der Waals surface area (Å²) in [6.07, 6.45) is 5.06. The van der Waals surface area contributed by atoms with E-state index in [9.17, 15) is 4.79 Å². The Morgan fingerprint density at radius 1 is 1.21 bits per heavy atom. The second-order valence-electron chi connectivity index (χ2n) is 6.42. The van der Waals surface area contributed by atoms with Crippen LogP contribution in [0.2, 0.25) is 0 Å². The van der Waals surface area contributed by atoms with Crippen molar-refractivity contribution in [3.05, 3.63) is 76.5 Å². The van der Waals surface area contributed by atoms with Crippen LogP contribution >= 0.6 is 36.2 Å². The molecule has 0 radical (unpaired) electrons. The largest absolute Gasteiger partial charge is 0.344 e. The predicted molar refractivity (Wildman–Crippen MR) is 120 cm³/mol. The molecule has 1 atom stereocenters. The van der Waals surface area contributed by atoms with E-state index in [1.807, 2.05) is 42.1 Å². The van der Waals surface area contributed by atoms with Gasteiger partial charge in [0.1, 0.15) is 0 Å². The molecule has 1 aromatic carbocycles. The lowest BCUT2D eigenvalue weighted by atomic mass is 10.1. The minimum Gasteiger partial charge on any atom is -0.344 e. The molecular weight excluding hydrogens is 415 g/mol. The van der Waals surface area contributed by atoms with Gasteiger partial charge in [0.2, 0.25) is 5.91 Å². The fourth-order valence-corrected chi connectivity index (χ4v) is 3.53. The normalized spacial score (nSPS) is 11.2. The van der Waals surface area contributed by atoms with Crippen molar-refractivity contribution in [2.45, 2.75) is 25.4 Å². The third kappa shape index (κ3) is 6.95. The fraction of sp³-hybridized carbons (Fsp3) is 0.300. The highest BCUT2D eigenvalue weighted by Crippen LogP contribution is 2.10. The van der Waals surface area contributed by atoms with Crippen molar-refractivity contribution in [1.29, 1.82) is 0 Å². The van der Waals surface area contributed by atoms with Crippen molar-refractivity contribution in [3.8, 4) is 0 Å². The van der Waals surface area contributed by atoms with E-state index in [0.717, 1.165) is 18.7 Å². The molecular formula is C20H26Cl2N4OS. The van der Waals surface area contributed by atoms with Crippen LogP contribution in [0.3, 0.4) is 0 Å². The molecule has 0 aliphatic heterocycles. The number of imidazole rings is 1. The Morgan fingerprint density at radius 2 is 1.96 bits per heavy atom. The molecule has 0 saturated carbocycles. The summed E-state index contributed by atoms with van der Waals surface area (Å²) >= 11 is 1.71. The average Bonchev–Trinajstić information content (AvgIpc) is 3.32. The maximum atomic E-state index is 12.5. The Kier molecular flexibility index (Phi) is 10.2. The van der Waals surface area contributed by atoms with E-state index in [1.165, 1.54) is 10.4 Å². The number of nitrogens with two attached hydrogens (primary N) is 1. The van der Waals surface area contributed by atoms with Crippen molar-refractivity contribution >= 4 is 42.1 Å². The summed E-state index contributed by atoms with van der Waals surface area (Å²) in [5.41, 5.74) is 8.18. The molecule has 8 heteroatoms. The Balaban J connectivity index is 0.00000196. The van der Waals surface area contributed by atoms with Crippen LogP contribution in [-0.2, 0) is 24.2 Å².